The molecule has 0 radical (unpaired) electrons. The number of rotatable bonds is 6. The molecule has 146 heavy (non-hydrogen) atoms. The van der Waals surface area contributed by atoms with Gasteiger partial charge in [0.2, 0.25) is 34.2 Å². The maximum Gasteiger partial charge on any atom is 0.234 e. The van der Waals surface area contributed by atoms with Crippen molar-refractivity contribution in [3.63, 3.8) is 0 Å². The highest BCUT2D eigenvalue weighted by Crippen LogP contribution is 2.54. The Morgan fingerprint density at radius 2 is 0.568 bits per heavy atom. The molecule has 0 N–H and O–H groups in total. The van der Waals surface area contributed by atoms with Crippen molar-refractivity contribution < 1.29 is 41.6 Å². The standard InChI is InChI=1S/C22H27N2Si2.2C21H21N2O.C20H21N2OSi.2C20H21N2SSi/c1-16-11-12-20-22(21(16)17-15-23-13-14-24(17)2)26(5,6)19-10-8-7-9-18(19)25(20,3)4;1-14-9-10-18-20(19(14)16-13-22-11-12-23(16)4)21(2,3)15-7-5-6-8-17(15)24-18;1-14-9-10-16-20(19(14)17-13-22-11-12-23(17)4)24-18-8-6-5-7-15(18)21(16,2)3;1-14-9-10-18-20(19(14)15-13-21-11-12-22(15)2)23-16-7-5-6-8-17(16)24(18,3)4;1-14-9-10-17-20(19(14)15-13-21-11-12-22(15)2)24(3,4)18-8-6-5-7-16(18)23-17;1-14-9-10-18-20(19(14)15-13-21-11-12-22(15)2)23-16-7-5-6-8-17(16)24(18,3)4/h7-15H,1-6H3;5*5-13H,1-4H3/q6*+1. The molecule has 0 unspecified atom stereocenters. The fourth-order valence-electron chi connectivity index (χ4n) is 22.9. The molecule has 6 aliphatic rings. The van der Waals surface area contributed by atoms with Crippen molar-refractivity contribution in [2.75, 3.05) is 0 Å². The Morgan fingerprint density at radius 1 is 0.240 bits per heavy atom. The molecule has 732 valence electrons. The van der Waals surface area contributed by atoms with Crippen LogP contribution in [0.1, 0.15) is 83.3 Å². The largest absolute Gasteiger partial charge is 0.457 e. The molecule has 12 heterocycles. The van der Waals surface area contributed by atoms with E-state index in [0.29, 0.717) is 0 Å². The Hall–Kier alpha value is -13.7. The van der Waals surface area contributed by atoms with Crippen molar-refractivity contribution in [3.05, 3.63) is 386 Å². The van der Waals surface area contributed by atoms with Crippen LogP contribution >= 0.6 is 23.5 Å². The quantitative estimate of drug-likeness (QED) is 0.117. The van der Waals surface area contributed by atoms with Crippen molar-refractivity contribution in [3.8, 4) is 102 Å². The second-order valence-corrected chi connectivity index (χ2v) is 66.9. The highest BCUT2D eigenvalue weighted by atomic mass is 32.2. The number of para-hydroxylation sites is 3. The van der Waals surface area contributed by atoms with Gasteiger partial charge in [0.05, 0.1) is 108 Å². The first-order chi connectivity index (χ1) is 69.7. The van der Waals surface area contributed by atoms with Gasteiger partial charge in [0, 0.05) is 52.7 Å². The average Bonchev–Trinajstić information content (AvgIpc) is 0.695. The summed E-state index contributed by atoms with van der Waals surface area (Å²) in [5.74, 6) is 5.77. The Kier molecular flexibility index (Phi) is 27.4. The van der Waals surface area contributed by atoms with Crippen LogP contribution in [0.25, 0.3) is 67.5 Å². The molecule has 24 rings (SSSR count). The predicted octanol–water partition coefficient (Wildman–Crippen LogP) is 19.6. The summed E-state index contributed by atoms with van der Waals surface area (Å²) in [6.07, 6.45) is 34.8. The maximum absolute atomic E-state index is 6.43. The lowest BCUT2D eigenvalue weighted by Gasteiger charge is -2.43. The molecule has 0 spiro atoms. The lowest BCUT2D eigenvalue weighted by molar-refractivity contribution is -0.661. The Balaban J connectivity index is 0.000000111. The van der Waals surface area contributed by atoms with Crippen LogP contribution in [0.3, 0.4) is 0 Å². The fraction of sp³-hybridized carbons (Fsp3) is 0.226. The highest BCUT2D eigenvalue weighted by Gasteiger charge is 2.49. The Morgan fingerprint density at radius 3 is 1.08 bits per heavy atom. The molecule has 18 aromatic rings. The minimum atomic E-state index is -1.81. The van der Waals surface area contributed by atoms with Crippen LogP contribution in [0.4, 0.5) is 0 Å². The van der Waals surface area contributed by atoms with Crippen LogP contribution < -0.4 is 93.5 Å². The van der Waals surface area contributed by atoms with E-state index in [2.05, 4.69) is 428 Å². The van der Waals surface area contributed by atoms with Gasteiger partial charge in [-0.05, 0) is 154 Å². The first-order valence-corrected chi connectivity index (χ1v) is 67.0. The Bertz CT molecular complexity index is 7700. The van der Waals surface area contributed by atoms with Crippen LogP contribution in [-0.4, -0.2) is 70.3 Å². The second kappa shape index (κ2) is 39.6. The third kappa shape index (κ3) is 18.0. The zero-order valence-corrected chi connectivity index (χ0v) is 95.7. The van der Waals surface area contributed by atoms with Crippen molar-refractivity contribution in [2.24, 2.45) is 42.3 Å². The molecular weight excluding hydrogens is 1910 g/mol. The van der Waals surface area contributed by atoms with Gasteiger partial charge in [0.1, 0.15) is 117 Å². The van der Waals surface area contributed by atoms with Crippen LogP contribution in [-0.2, 0) is 53.1 Å². The molecule has 6 aliphatic heterocycles. The average molecular weight is 2040 g/mol. The van der Waals surface area contributed by atoms with Gasteiger partial charge in [0.15, 0.2) is 37.2 Å². The minimum absolute atomic E-state index is 0.104. The summed E-state index contributed by atoms with van der Waals surface area (Å²) in [6, 6.07) is 79.2. The summed E-state index contributed by atoms with van der Waals surface area (Å²) >= 11 is 3.84. The summed E-state index contributed by atoms with van der Waals surface area (Å²) in [5, 5.41) is 15.4. The molecular formula is C124H132N12O3S2Si5+6. The van der Waals surface area contributed by atoms with Gasteiger partial charge >= 0.3 is 0 Å². The number of nitrogens with zero attached hydrogens (tertiary/aromatic N) is 12. The van der Waals surface area contributed by atoms with Crippen molar-refractivity contribution in [1.29, 1.82) is 0 Å². The van der Waals surface area contributed by atoms with E-state index in [-0.39, 0.29) is 10.8 Å². The van der Waals surface area contributed by atoms with E-state index in [1.807, 2.05) is 154 Å². The number of aryl methyl sites for hydroxylation is 12. The molecule has 0 atom stereocenters. The van der Waals surface area contributed by atoms with Gasteiger partial charge in [-0.3, -0.25) is 29.9 Å². The van der Waals surface area contributed by atoms with Gasteiger partial charge in [-0.2, -0.15) is 27.4 Å². The normalized spacial score (nSPS) is 15.0. The topological polar surface area (TPSA) is 128 Å². The van der Waals surface area contributed by atoms with E-state index >= 15 is 0 Å². The summed E-state index contributed by atoms with van der Waals surface area (Å²) in [4.78, 5) is 31.9. The number of ether oxygens (including phenoxy) is 3. The lowest BCUT2D eigenvalue weighted by Crippen LogP contribution is -2.78. The number of hydrogen-bond donors (Lipinski definition) is 0. The monoisotopic (exact) mass is 2040 g/mol. The predicted molar refractivity (Wildman–Crippen MR) is 609 cm³/mol. The number of aromatic nitrogens is 12. The summed E-state index contributed by atoms with van der Waals surface area (Å²) in [5.41, 5.74) is 26.7. The molecule has 0 amide bonds. The van der Waals surface area contributed by atoms with Crippen molar-refractivity contribution in [1.82, 2.24) is 29.9 Å². The molecule has 0 fully saturated rings. The zero-order valence-electron chi connectivity index (χ0n) is 89.1. The summed E-state index contributed by atoms with van der Waals surface area (Å²) in [6.45, 7) is 46.9. The first kappa shape index (κ1) is 101. The van der Waals surface area contributed by atoms with Crippen molar-refractivity contribution in [2.45, 2.75) is 165 Å². The van der Waals surface area contributed by atoms with Gasteiger partial charge in [-0.15, -0.1) is 0 Å². The van der Waals surface area contributed by atoms with Gasteiger partial charge < -0.3 is 14.2 Å². The van der Waals surface area contributed by atoms with Crippen LogP contribution in [0.2, 0.25) is 65.5 Å². The van der Waals surface area contributed by atoms with Crippen LogP contribution in [0.15, 0.2) is 350 Å². The maximum atomic E-state index is 6.43. The molecule has 0 bridgehead atoms. The van der Waals surface area contributed by atoms with Gasteiger partial charge in [0.25, 0.3) is 0 Å². The summed E-state index contributed by atoms with van der Waals surface area (Å²) < 4.78 is 31.9. The molecule has 15 nitrogen and oxygen atoms in total. The second-order valence-electron chi connectivity index (χ2n) is 43.2. The molecule has 12 aromatic carbocycles. The van der Waals surface area contributed by atoms with E-state index in [1.165, 1.54) is 130 Å². The molecule has 0 saturated carbocycles. The number of hydrogen-bond acceptors (Lipinski definition) is 11. The van der Waals surface area contributed by atoms with E-state index in [0.717, 1.165) is 62.7 Å². The molecule has 6 aromatic heterocycles. The molecule has 0 saturated heterocycles. The van der Waals surface area contributed by atoms with E-state index in [9.17, 15) is 0 Å². The van der Waals surface area contributed by atoms with Gasteiger partial charge in [-0.1, -0.05) is 308 Å². The number of fused-ring (bicyclic) bond motifs is 12. The van der Waals surface area contributed by atoms with Crippen LogP contribution in [0.5, 0.6) is 34.5 Å². The smallest absolute Gasteiger partial charge is 0.234 e. The molecule has 0 aliphatic carbocycles. The van der Waals surface area contributed by atoms with Crippen LogP contribution in [0, 0.1) is 41.5 Å². The SMILES string of the molecule is Cc1ccc2c(c1-c1cncc[n+]1C)C(C)(C)c1ccccc1O2.Cc1ccc2c(c1-c1cncc[n+]1C)Oc1ccccc1C2(C)C.Cc1ccc2c(c1-c1cncc[n+]1C)Oc1ccccc1[Si]2(C)C.Cc1ccc2c(c1-c1cncc[n+]1C)Sc1ccccc1[Si]2(C)C.Cc1ccc2c(c1-c1cncc[n+]1C)[Si](C)(C)c1ccccc1S2.Cc1ccc2c(c1-c1cncc[n+]1C)[Si](C)(C)c1ccccc1[Si]2(C)C. The van der Waals surface area contributed by atoms with E-state index < -0.39 is 40.4 Å². The highest BCUT2D eigenvalue weighted by molar-refractivity contribution is 8.00. The van der Waals surface area contributed by atoms with Crippen molar-refractivity contribution >= 4 is 116 Å². The van der Waals surface area contributed by atoms with E-state index in [1.54, 1.807) is 42.5 Å². The minimum Gasteiger partial charge on any atom is -0.457 e. The fourth-order valence-corrected chi connectivity index (χ4v) is 47.0. The third-order valence-electron chi connectivity index (χ3n) is 31.2. The van der Waals surface area contributed by atoms with Gasteiger partial charge in [-0.25, -0.2) is 0 Å². The first-order valence-electron chi connectivity index (χ1n) is 50.4. The number of benzene rings is 12. The zero-order chi connectivity index (χ0) is 103. The van der Waals surface area contributed by atoms with E-state index in [4.69, 9.17) is 14.2 Å². The Labute approximate surface area is 875 Å². The molecule has 22 heteroatoms. The third-order valence-corrected chi connectivity index (χ3v) is 52.5. The summed E-state index contributed by atoms with van der Waals surface area (Å²) in [7, 11) is 3.70. The lowest BCUT2D eigenvalue weighted by atomic mass is 9.72.